The zero-order chi connectivity index (χ0) is 13.2. The van der Waals surface area contributed by atoms with Gasteiger partial charge in [0, 0.05) is 17.1 Å². The first-order valence-electron chi connectivity index (χ1n) is 6.96. The number of hydrogen-bond donors (Lipinski definition) is 0. The molecule has 1 aromatic rings. The van der Waals surface area contributed by atoms with Crippen LogP contribution in [0.3, 0.4) is 0 Å². The van der Waals surface area contributed by atoms with Gasteiger partial charge in [0.05, 0.1) is 0 Å². The van der Waals surface area contributed by atoms with E-state index in [1.807, 2.05) is 29.2 Å². The lowest BCUT2D eigenvalue weighted by molar-refractivity contribution is 0.129. The van der Waals surface area contributed by atoms with Crippen LogP contribution in [0.1, 0.15) is 32.1 Å². The molecule has 2 saturated heterocycles. The molecule has 4 rings (SSSR count). The lowest BCUT2D eigenvalue weighted by atomic mass is 9.86. The van der Waals surface area contributed by atoms with Crippen molar-refractivity contribution in [3.8, 4) is 5.75 Å². The second-order valence-electron chi connectivity index (χ2n) is 5.48. The highest BCUT2D eigenvalue weighted by molar-refractivity contribution is 9.10. The Morgan fingerprint density at radius 1 is 1.11 bits per heavy atom. The van der Waals surface area contributed by atoms with Gasteiger partial charge >= 0.3 is 6.09 Å². The van der Waals surface area contributed by atoms with Gasteiger partial charge in [0.2, 0.25) is 0 Å². The highest BCUT2D eigenvalue weighted by Gasteiger charge is 2.33. The first-order chi connectivity index (χ1) is 9.22. The van der Waals surface area contributed by atoms with Crippen molar-refractivity contribution in [1.82, 2.24) is 4.90 Å². The van der Waals surface area contributed by atoms with E-state index >= 15 is 0 Å². The van der Waals surface area contributed by atoms with Crippen LogP contribution in [0.5, 0.6) is 5.75 Å². The number of amides is 1. The van der Waals surface area contributed by atoms with Gasteiger partial charge in [0.25, 0.3) is 0 Å². The summed E-state index contributed by atoms with van der Waals surface area (Å²) < 4.78 is 6.47. The molecular weight excluding hydrogens is 306 g/mol. The summed E-state index contributed by atoms with van der Waals surface area (Å²) in [5.41, 5.74) is 0. The smallest absolute Gasteiger partial charge is 0.410 e. The Morgan fingerprint density at radius 2 is 1.79 bits per heavy atom. The summed E-state index contributed by atoms with van der Waals surface area (Å²) in [6.45, 7) is 0.852. The number of fused-ring (bicyclic) bond motifs is 4. The number of carbonyl (C=O) groups is 1. The Labute approximate surface area is 122 Å². The Bertz CT molecular complexity index is 452. The maximum Gasteiger partial charge on any atom is 0.415 e. The molecule has 2 heterocycles. The minimum atomic E-state index is -0.185. The first kappa shape index (κ1) is 13.0. The normalized spacial score (nSPS) is 26.1. The Morgan fingerprint density at radius 3 is 2.47 bits per heavy atom. The number of nitrogens with zero attached hydrogens (tertiary/aromatic N) is 1. The maximum absolute atomic E-state index is 12.3. The van der Waals surface area contributed by atoms with Gasteiger partial charge in [-0.25, -0.2) is 4.79 Å². The summed E-state index contributed by atoms with van der Waals surface area (Å²) in [5, 5.41) is 0. The van der Waals surface area contributed by atoms with E-state index in [0.717, 1.165) is 36.2 Å². The summed E-state index contributed by atoms with van der Waals surface area (Å²) in [7, 11) is 0. The van der Waals surface area contributed by atoms with Gasteiger partial charge in [-0.05, 0) is 62.3 Å². The van der Waals surface area contributed by atoms with E-state index in [-0.39, 0.29) is 6.09 Å². The van der Waals surface area contributed by atoms with Crippen LogP contribution in [-0.2, 0) is 0 Å². The standard InChI is InChI=1S/C15H18BrNO2/c16-12-3-7-14(8-4-12)19-15(18)17-10-9-11-1-5-13(17)6-2-11/h3-4,7-8,11,13H,1-2,5-6,9-10H2. The van der Waals surface area contributed by atoms with Crippen LogP contribution in [-0.4, -0.2) is 23.6 Å². The molecule has 2 bridgehead atoms. The van der Waals surface area contributed by atoms with Crippen LogP contribution in [0, 0.1) is 5.92 Å². The average molecular weight is 324 g/mol. The maximum atomic E-state index is 12.3. The Balaban J connectivity index is 1.68. The Hall–Kier alpha value is -1.03. The number of rotatable bonds is 1. The molecule has 3 fully saturated rings. The fourth-order valence-electron chi connectivity index (χ4n) is 3.15. The molecule has 1 saturated carbocycles. The lowest BCUT2D eigenvalue weighted by Gasteiger charge is -2.30. The van der Waals surface area contributed by atoms with E-state index in [1.165, 1.54) is 12.8 Å². The average Bonchev–Trinajstić information content (AvgIpc) is 2.75. The number of hydrogen-bond acceptors (Lipinski definition) is 2. The van der Waals surface area contributed by atoms with Crippen LogP contribution in [0.25, 0.3) is 0 Å². The van der Waals surface area contributed by atoms with E-state index in [9.17, 15) is 4.79 Å². The molecule has 1 amide bonds. The van der Waals surface area contributed by atoms with E-state index in [1.54, 1.807) is 0 Å². The van der Waals surface area contributed by atoms with Crippen molar-refractivity contribution < 1.29 is 9.53 Å². The largest absolute Gasteiger partial charge is 0.415 e. The summed E-state index contributed by atoms with van der Waals surface area (Å²) in [6.07, 6.45) is 5.76. The predicted molar refractivity (Wildman–Crippen MR) is 77.2 cm³/mol. The molecule has 102 valence electrons. The molecule has 0 aromatic heterocycles. The van der Waals surface area contributed by atoms with E-state index in [2.05, 4.69) is 15.9 Å². The third-order valence-corrected chi connectivity index (χ3v) is 4.82. The van der Waals surface area contributed by atoms with Crippen molar-refractivity contribution in [2.75, 3.05) is 6.54 Å². The predicted octanol–water partition coefficient (Wildman–Crippen LogP) is 4.21. The van der Waals surface area contributed by atoms with Crippen molar-refractivity contribution in [2.45, 2.75) is 38.1 Å². The fraction of sp³-hybridized carbons (Fsp3) is 0.533. The topological polar surface area (TPSA) is 29.5 Å². The quantitative estimate of drug-likeness (QED) is 0.774. The van der Waals surface area contributed by atoms with E-state index < -0.39 is 0 Å². The molecule has 0 unspecified atom stereocenters. The van der Waals surface area contributed by atoms with Gasteiger partial charge in [0.1, 0.15) is 5.75 Å². The molecule has 2 aliphatic heterocycles. The third-order valence-electron chi connectivity index (χ3n) is 4.29. The van der Waals surface area contributed by atoms with Crippen molar-refractivity contribution in [2.24, 2.45) is 5.92 Å². The zero-order valence-corrected chi connectivity index (χ0v) is 12.4. The van der Waals surface area contributed by atoms with Gasteiger partial charge in [-0.3, -0.25) is 0 Å². The highest BCUT2D eigenvalue weighted by atomic mass is 79.9. The molecule has 0 radical (unpaired) electrons. The van der Waals surface area contributed by atoms with E-state index in [0.29, 0.717) is 11.8 Å². The summed E-state index contributed by atoms with van der Waals surface area (Å²) in [5.74, 6) is 1.44. The molecule has 1 aliphatic carbocycles. The molecule has 19 heavy (non-hydrogen) atoms. The molecule has 3 aliphatic rings. The summed E-state index contributed by atoms with van der Waals surface area (Å²) in [6, 6.07) is 7.80. The van der Waals surface area contributed by atoms with Gasteiger partial charge in [-0.15, -0.1) is 0 Å². The third kappa shape index (κ3) is 2.94. The van der Waals surface area contributed by atoms with Crippen molar-refractivity contribution in [3.63, 3.8) is 0 Å². The minimum Gasteiger partial charge on any atom is -0.410 e. The van der Waals surface area contributed by atoms with Crippen molar-refractivity contribution >= 4 is 22.0 Å². The molecule has 4 heteroatoms. The van der Waals surface area contributed by atoms with Gasteiger partial charge < -0.3 is 9.64 Å². The molecule has 1 aromatic carbocycles. The van der Waals surface area contributed by atoms with Crippen LogP contribution < -0.4 is 4.74 Å². The molecule has 0 atom stereocenters. The zero-order valence-electron chi connectivity index (χ0n) is 10.8. The first-order valence-corrected chi connectivity index (χ1v) is 7.75. The van der Waals surface area contributed by atoms with Crippen LogP contribution in [0.2, 0.25) is 0 Å². The molecule has 3 nitrogen and oxygen atoms in total. The van der Waals surface area contributed by atoms with Crippen LogP contribution in [0.4, 0.5) is 4.79 Å². The highest BCUT2D eigenvalue weighted by Crippen LogP contribution is 2.34. The minimum absolute atomic E-state index is 0.185. The Kier molecular flexibility index (Phi) is 3.78. The second kappa shape index (κ2) is 5.53. The SMILES string of the molecule is O=C(Oc1ccc(Br)cc1)N1CCC2CCC1CC2. The number of benzene rings is 1. The van der Waals surface area contributed by atoms with Gasteiger partial charge in [0.15, 0.2) is 0 Å². The van der Waals surface area contributed by atoms with Crippen molar-refractivity contribution in [3.05, 3.63) is 28.7 Å². The van der Waals surface area contributed by atoms with Crippen molar-refractivity contribution in [1.29, 1.82) is 0 Å². The van der Waals surface area contributed by atoms with Gasteiger partial charge in [-0.1, -0.05) is 15.9 Å². The summed E-state index contributed by atoms with van der Waals surface area (Å²) in [4.78, 5) is 14.2. The molecule has 0 N–H and O–H groups in total. The molecule has 0 spiro atoms. The van der Waals surface area contributed by atoms with Crippen LogP contribution in [0.15, 0.2) is 28.7 Å². The monoisotopic (exact) mass is 323 g/mol. The lowest BCUT2D eigenvalue weighted by Crippen LogP contribution is -2.41. The molecular formula is C15H18BrNO2. The van der Waals surface area contributed by atoms with Gasteiger partial charge in [-0.2, -0.15) is 0 Å². The van der Waals surface area contributed by atoms with Crippen LogP contribution >= 0.6 is 15.9 Å². The number of carbonyl (C=O) groups excluding carboxylic acids is 1. The second-order valence-corrected chi connectivity index (χ2v) is 6.39. The van der Waals surface area contributed by atoms with E-state index in [4.69, 9.17) is 4.74 Å². The number of ether oxygens (including phenoxy) is 1. The summed E-state index contributed by atoms with van der Waals surface area (Å²) >= 11 is 3.37. The number of halogens is 1. The fourth-order valence-corrected chi connectivity index (χ4v) is 3.42.